The summed E-state index contributed by atoms with van der Waals surface area (Å²) in [5, 5.41) is 0. The van der Waals surface area contributed by atoms with E-state index in [0.29, 0.717) is 12.5 Å². The molecule has 0 spiro atoms. The zero-order chi connectivity index (χ0) is 12.3. The fourth-order valence-electron chi connectivity index (χ4n) is 1.33. The van der Waals surface area contributed by atoms with Crippen molar-refractivity contribution in [2.75, 3.05) is 19.1 Å². The normalized spacial score (nSPS) is 14.6. The number of rotatable bonds is 5. The van der Waals surface area contributed by atoms with Gasteiger partial charge in [-0.25, -0.2) is 9.18 Å². The molecule has 4 nitrogen and oxygen atoms in total. The van der Waals surface area contributed by atoms with Gasteiger partial charge in [0.15, 0.2) is 6.79 Å². The summed E-state index contributed by atoms with van der Waals surface area (Å²) in [5.41, 5.74) is 5.44. The Labute approximate surface area is 98.5 Å². The molecular formula is C12H14FNO3. The van der Waals surface area contributed by atoms with Crippen LogP contribution in [0.4, 0.5) is 10.1 Å². The lowest BCUT2D eigenvalue weighted by Gasteiger charge is -2.06. The van der Waals surface area contributed by atoms with Crippen LogP contribution in [0.25, 0.3) is 0 Å². The predicted molar refractivity (Wildman–Crippen MR) is 59.8 cm³/mol. The lowest BCUT2D eigenvalue weighted by atomic mass is 10.2. The molecular weight excluding hydrogens is 225 g/mol. The first-order valence-corrected chi connectivity index (χ1v) is 5.46. The number of halogens is 1. The van der Waals surface area contributed by atoms with Gasteiger partial charge in [-0.1, -0.05) is 0 Å². The van der Waals surface area contributed by atoms with E-state index < -0.39 is 11.8 Å². The van der Waals surface area contributed by atoms with Gasteiger partial charge in [0.05, 0.1) is 17.9 Å². The zero-order valence-corrected chi connectivity index (χ0v) is 9.32. The number of ether oxygens (including phenoxy) is 2. The topological polar surface area (TPSA) is 61.6 Å². The summed E-state index contributed by atoms with van der Waals surface area (Å²) in [6.45, 7) is 0.519. The zero-order valence-electron chi connectivity index (χ0n) is 9.32. The molecule has 0 unspecified atom stereocenters. The minimum Gasteiger partial charge on any atom is -0.435 e. The van der Waals surface area contributed by atoms with Gasteiger partial charge < -0.3 is 15.2 Å². The summed E-state index contributed by atoms with van der Waals surface area (Å²) in [6.07, 6.45) is 2.36. The second-order valence-corrected chi connectivity index (χ2v) is 4.10. The van der Waals surface area contributed by atoms with Crippen molar-refractivity contribution in [1.29, 1.82) is 0 Å². The van der Waals surface area contributed by atoms with Crippen LogP contribution in [-0.4, -0.2) is 19.4 Å². The van der Waals surface area contributed by atoms with E-state index in [1.54, 1.807) is 0 Å². The Morgan fingerprint density at radius 3 is 2.88 bits per heavy atom. The third-order valence-corrected chi connectivity index (χ3v) is 2.56. The predicted octanol–water partition coefficient (Wildman–Crippen LogP) is 1.95. The van der Waals surface area contributed by atoms with Gasteiger partial charge in [0, 0.05) is 0 Å². The average Bonchev–Trinajstić information content (AvgIpc) is 3.12. The fourth-order valence-corrected chi connectivity index (χ4v) is 1.33. The first-order valence-electron chi connectivity index (χ1n) is 5.46. The van der Waals surface area contributed by atoms with E-state index in [1.807, 2.05) is 0 Å². The average molecular weight is 239 g/mol. The first kappa shape index (κ1) is 11.9. The largest absolute Gasteiger partial charge is 0.435 e. The molecule has 0 atom stereocenters. The van der Waals surface area contributed by atoms with Crippen LogP contribution in [-0.2, 0) is 9.47 Å². The van der Waals surface area contributed by atoms with Crippen molar-refractivity contribution in [1.82, 2.24) is 0 Å². The molecule has 2 rings (SSSR count). The third-order valence-electron chi connectivity index (χ3n) is 2.56. The molecule has 1 aliphatic rings. The molecule has 2 N–H and O–H groups in total. The number of anilines is 1. The van der Waals surface area contributed by atoms with Crippen LogP contribution in [0, 0.1) is 11.7 Å². The summed E-state index contributed by atoms with van der Waals surface area (Å²) in [5.74, 6) is -0.624. The van der Waals surface area contributed by atoms with Crippen molar-refractivity contribution in [3.05, 3.63) is 29.6 Å². The molecule has 0 amide bonds. The van der Waals surface area contributed by atoms with Crippen molar-refractivity contribution in [3.8, 4) is 0 Å². The molecule has 5 heteroatoms. The maximum Gasteiger partial charge on any atom is 0.340 e. The fraction of sp³-hybridized carbons (Fsp3) is 0.417. The maximum absolute atomic E-state index is 13.1. The molecule has 0 heterocycles. The van der Waals surface area contributed by atoms with Crippen LogP contribution in [0.2, 0.25) is 0 Å². The summed E-state index contributed by atoms with van der Waals surface area (Å²) in [6, 6.07) is 3.80. The van der Waals surface area contributed by atoms with Crippen LogP contribution in [0.15, 0.2) is 18.2 Å². The van der Waals surface area contributed by atoms with E-state index in [-0.39, 0.29) is 18.0 Å². The lowest BCUT2D eigenvalue weighted by molar-refractivity contribution is -0.0345. The van der Waals surface area contributed by atoms with Gasteiger partial charge in [-0.2, -0.15) is 0 Å². The summed E-state index contributed by atoms with van der Waals surface area (Å²) in [4.78, 5) is 11.5. The van der Waals surface area contributed by atoms with Crippen LogP contribution >= 0.6 is 0 Å². The Balaban J connectivity index is 1.79. The molecule has 92 valence electrons. The molecule has 1 aromatic carbocycles. The molecule has 0 aliphatic heterocycles. The second-order valence-electron chi connectivity index (χ2n) is 4.10. The highest BCUT2D eigenvalue weighted by Gasteiger charge is 2.21. The van der Waals surface area contributed by atoms with Crippen molar-refractivity contribution >= 4 is 11.7 Å². The quantitative estimate of drug-likeness (QED) is 0.369. The lowest BCUT2D eigenvalue weighted by Crippen LogP contribution is -2.10. The second kappa shape index (κ2) is 5.14. The third kappa shape index (κ3) is 3.42. The maximum atomic E-state index is 13.1. The molecule has 17 heavy (non-hydrogen) atoms. The van der Waals surface area contributed by atoms with Crippen molar-refractivity contribution < 1.29 is 18.7 Å². The monoisotopic (exact) mass is 239 g/mol. The van der Waals surface area contributed by atoms with Crippen molar-refractivity contribution in [3.63, 3.8) is 0 Å². The molecule has 1 aromatic rings. The number of benzene rings is 1. The highest BCUT2D eigenvalue weighted by Crippen LogP contribution is 2.28. The number of nitrogens with two attached hydrogens (primary N) is 1. The van der Waals surface area contributed by atoms with Crippen LogP contribution < -0.4 is 5.73 Å². The highest BCUT2D eigenvalue weighted by atomic mass is 19.1. The van der Waals surface area contributed by atoms with Gasteiger partial charge in [0.25, 0.3) is 0 Å². The van der Waals surface area contributed by atoms with Crippen LogP contribution in [0.3, 0.4) is 0 Å². The summed E-state index contributed by atoms with van der Waals surface area (Å²) >= 11 is 0. The Morgan fingerprint density at radius 2 is 2.24 bits per heavy atom. The van der Waals surface area contributed by atoms with Gasteiger partial charge in [0.1, 0.15) is 5.82 Å². The Kier molecular flexibility index (Phi) is 3.58. The SMILES string of the molecule is Nc1ccc(C(=O)OCOCC2CC2)cc1F. The van der Waals surface area contributed by atoms with E-state index in [9.17, 15) is 9.18 Å². The van der Waals surface area contributed by atoms with E-state index in [1.165, 1.54) is 25.0 Å². The Morgan fingerprint density at radius 1 is 1.47 bits per heavy atom. The summed E-state index contributed by atoms with van der Waals surface area (Å²) in [7, 11) is 0. The number of hydrogen-bond acceptors (Lipinski definition) is 4. The number of hydrogen-bond donors (Lipinski definition) is 1. The molecule has 0 bridgehead atoms. The van der Waals surface area contributed by atoms with Crippen molar-refractivity contribution in [2.45, 2.75) is 12.8 Å². The van der Waals surface area contributed by atoms with E-state index in [2.05, 4.69) is 0 Å². The molecule has 1 saturated carbocycles. The van der Waals surface area contributed by atoms with Crippen molar-refractivity contribution in [2.24, 2.45) is 5.92 Å². The van der Waals surface area contributed by atoms with Gasteiger partial charge >= 0.3 is 5.97 Å². The van der Waals surface area contributed by atoms with E-state index in [4.69, 9.17) is 15.2 Å². The van der Waals surface area contributed by atoms with E-state index >= 15 is 0 Å². The van der Waals surface area contributed by atoms with Gasteiger partial charge in [-0.05, 0) is 37.0 Å². The number of esters is 1. The van der Waals surface area contributed by atoms with E-state index in [0.717, 1.165) is 6.07 Å². The van der Waals surface area contributed by atoms with Crippen LogP contribution in [0.5, 0.6) is 0 Å². The minimum absolute atomic E-state index is 0.00605. The van der Waals surface area contributed by atoms with Gasteiger partial charge in [-0.3, -0.25) is 0 Å². The number of carbonyl (C=O) groups is 1. The number of nitrogen functional groups attached to an aromatic ring is 1. The Hall–Kier alpha value is -1.62. The molecule has 1 aliphatic carbocycles. The molecule has 0 radical (unpaired) electrons. The smallest absolute Gasteiger partial charge is 0.340 e. The highest BCUT2D eigenvalue weighted by molar-refractivity contribution is 5.89. The minimum atomic E-state index is -0.627. The van der Waals surface area contributed by atoms with Gasteiger partial charge in [-0.15, -0.1) is 0 Å². The molecule has 0 saturated heterocycles. The number of carbonyl (C=O) groups excluding carboxylic acids is 1. The standard InChI is InChI=1S/C12H14FNO3/c13-10-5-9(3-4-11(10)14)12(15)17-7-16-6-8-1-2-8/h3-5,8H,1-2,6-7,14H2. The Bertz CT molecular complexity index is 418. The summed E-state index contributed by atoms with van der Waals surface area (Å²) < 4.78 is 23.1. The molecule has 0 aromatic heterocycles. The molecule has 1 fully saturated rings. The first-order chi connectivity index (χ1) is 8.16. The van der Waals surface area contributed by atoms with Crippen LogP contribution in [0.1, 0.15) is 23.2 Å². The van der Waals surface area contributed by atoms with Gasteiger partial charge in [0.2, 0.25) is 0 Å².